The summed E-state index contributed by atoms with van der Waals surface area (Å²) in [6.45, 7) is 4.73. The van der Waals surface area contributed by atoms with Crippen LogP contribution in [-0.4, -0.2) is 9.97 Å². The van der Waals surface area contributed by atoms with Crippen molar-refractivity contribution in [2.75, 3.05) is 4.90 Å². The van der Waals surface area contributed by atoms with Crippen molar-refractivity contribution < 1.29 is 0 Å². The van der Waals surface area contributed by atoms with Crippen molar-refractivity contribution in [2.24, 2.45) is 0 Å². The molecular weight excluding hydrogens is 518 g/mol. The van der Waals surface area contributed by atoms with E-state index in [1.165, 1.54) is 59.9 Å². The van der Waals surface area contributed by atoms with Gasteiger partial charge in [0.15, 0.2) is 0 Å². The van der Waals surface area contributed by atoms with Gasteiger partial charge in [-0.1, -0.05) is 80.2 Å². The summed E-state index contributed by atoms with van der Waals surface area (Å²) >= 11 is 1.85. The summed E-state index contributed by atoms with van der Waals surface area (Å²) in [7, 11) is 0. The van der Waals surface area contributed by atoms with Gasteiger partial charge in [0, 0.05) is 44.1 Å². The molecule has 194 valence electrons. The molecule has 0 fully saturated rings. The summed E-state index contributed by atoms with van der Waals surface area (Å²) in [5, 5.41) is 4.78. The van der Waals surface area contributed by atoms with Crippen LogP contribution in [0.1, 0.15) is 25.0 Å². The average molecular weight is 544 g/mol. The van der Waals surface area contributed by atoms with Gasteiger partial charge in [-0.25, -0.2) is 0 Å². The molecule has 2 heterocycles. The zero-order valence-corrected chi connectivity index (χ0v) is 23.5. The summed E-state index contributed by atoms with van der Waals surface area (Å²) in [5.74, 6) is 0. The first kappa shape index (κ1) is 23.1. The van der Waals surface area contributed by atoms with Crippen LogP contribution in [0.3, 0.4) is 0 Å². The van der Waals surface area contributed by atoms with E-state index < -0.39 is 0 Å². The lowest BCUT2D eigenvalue weighted by Crippen LogP contribution is -2.18. The fraction of sp³-hybridized carbons (Fsp3) is 0.0811. The number of benzene rings is 6. The summed E-state index contributed by atoms with van der Waals surface area (Å²) in [6, 6.07) is 37.8. The Hall–Kier alpha value is -4.67. The highest BCUT2D eigenvalue weighted by Crippen LogP contribution is 2.55. The van der Waals surface area contributed by atoms with Crippen molar-refractivity contribution in [1.29, 1.82) is 0 Å². The summed E-state index contributed by atoms with van der Waals surface area (Å²) in [4.78, 5) is 14.6. The Morgan fingerprint density at radius 2 is 1.17 bits per heavy atom. The maximum atomic E-state index is 4.82. The summed E-state index contributed by atoms with van der Waals surface area (Å²) < 4.78 is 0. The van der Waals surface area contributed by atoms with E-state index in [0.717, 1.165) is 21.8 Å². The predicted molar refractivity (Wildman–Crippen MR) is 171 cm³/mol. The van der Waals surface area contributed by atoms with Crippen LogP contribution < -0.4 is 4.90 Å². The van der Waals surface area contributed by atoms with Gasteiger partial charge in [-0.15, -0.1) is 0 Å². The minimum atomic E-state index is -0.156. The van der Waals surface area contributed by atoms with Gasteiger partial charge < -0.3 is 4.90 Å². The van der Waals surface area contributed by atoms with Crippen LogP contribution in [0, 0.1) is 0 Å². The molecule has 3 nitrogen and oxygen atoms in total. The normalized spacial score (nSPS) is 14.6. The summed E-state index contributed by atoms with van der Waals surface area (Å²) in [5.41, 5.74) is 10.7. The van der Waals surface area contributed by atoms with Crippen LogP contribution in [0.2, 0.25) is 0 Å². The van der Waals surface area contributed by atoms with Gasteiger partial charge in [0.1, 0.15) is 0 Å². The van der Waals surface area contributed by atoms with E-state index in [4.69, 9.17) is 9.97 Å². The van der Waals surface area contributed by atoms with Crippen molar-refractivity contribution in [3.8, 4) is 11.1 Å². The fourth-order valence-electron chi connectivity index (χ4n) is 6.97. The highest BCUT2D eigenvalue weighted by Gasteiger charge is 2.37. The van der Waals surface area contributed by atoms with Gasteiger partial charge in [0.2, 0.25) is 0 Å². The number of para-hydroxylation sites is 2. The van der Waals surface area contributed by atoms with Crippen molar-refractivity contribution in [1.82, 2.24) is 9.97 Å². The molecule has 1 aliphatic heterocycles. The van der Waals surface area contributed by atoms with E-state index in [2.05, 4.69) is 122 Å². The SMILES string of the molecule is CC1(C)c2cc(N3c4ccccc4Sc4ccccc43)ccc2-c2cc3c(cc21)c1ccccc1c1nccnc31. The van der Waals surface area contributed by atoms with Crippen molar-refractivity contribution >= 4 is 61.4 Å². The Morgan fingerprint density at radius 1 is 0.561 bits per heavy atom. The molecule has 2 aliphatic rings. The van der Waals surface area contributed by atoms with E-state index in [-0.39, 0.29) is 5.41 Å². The molecule has 4 heteroatoms. The molecule has 0 bridgehead atoms. The number of hydrogen-bond acceptors (Lipinski definition) is 4. The number of aromatic nitrogens is 2. The molecule has 0 unspecified atom stereocenters. The lowest BCUT2D eigenvalue weighted by molar-refractivity contribution is 0.661. The molecule has 0 radical (unpaired) electrons. The average Bonchev–Trinajstić information content (AvgIpc) is 3.24. The van der Waals surface area contributed by atoms with Gasteiger partial charge in [0.05, 0.1) is 22.4 Å². The van der Waals surface area contributed by atoms with Crippen LogP contribution in [-0.2, 0) is 5.41 Å². The van der Waals surface area contributed by atoms with Crippen LogP contribution in [0.4, 0.5) is 17.1 Å². The molecule has 7 aromatic rings. The number of rotatable bonds is 1. The van der Waals surface area contributed by atoms with E-state index in [1.807, 2.05) is 11.8 Å². The number of nitrogens with zero attached hydrogens (tertiary/aromatic N) is 3. The van der Waals surface area contributed by atoms with Gasteiger partial charge in [-0.05, 0) is 81.6 Å². The van der Waals surface area contributed by atoms with Crippen LogP contribution in [0.5, 0.6) is 0 Å². The first-order valence-corrected chi connectivity index (χ1v) is 14.8. The number of anilines is 3. The van der Waals surface area contributed by atoms with Gasteiger partial charge in [-0.3, -0.25) is 9.97 Å². The van der Waals surface area contributed by atoms with Crippen molar-refractivity contribution in [3.63, 3.8) is 0 Å². The van der Waals surface area contributed by atoms with E-state index in [9.17, 15) is 0 Å². The molecule has 0 spiro atoms. The number of hydrogen-bond donors (Lipinski definition) is 0. The zero-order valence-electron chi connectivity index (χ0n) is 22.7. The van der Waals surface area contributed by atoms with Gasteiger partial charge in [-0.2, -0.15) is 0 Å². The third-order valence-corrected chi connectivity index (χ3v) is 10.0. The Morgan fingerprint density at radius 3 is 1.90 bits per heavy atom. The minimum Gasteiger partial charge on any atom is -0.308 e. The third-order valence-electron chi connectivity index (χ3n) is 8.91. The third kappa shape index (κ3) is 3.11. The highest BCUT2D eigenvalue weighted by molar-refractivity contribution is 7.99. The molecule has 0 amide bonds. The maximum absolute atomic E-state index is 4.82. The number of fused-ring (bicyclic) bond motifs is 11. The Labute approximate surface area is 242 Å². The molecule has 0 saturated heterocycles. The highest BCUT2D eigenvalue weighted by atomic mass is 32.2. The Bertz CT molecular complexity index is 2190. The largest absolute Gasteiger partial charge is 0.308 e. The Kier molecular flexibility index (Phi) is 4.61. The summed E-state index contributed by atoms with van der Waals surface area (Å²) in [6.07, 6.45) is 3.60. The predicted octanol–water partition coefficient (Wildman–Crippen LogP) is 10.2. The topological polar surface area (TPSA) is 29.0 Å². The molecule has 0 atom stereocenters. The van der Waals surface area contributed by atoms with Gasteiger partial charge in [0.25, 0.3) is 0 Å². The molecule has 1 aliphatic carbocycles. The first-order chi connectivity index (χ1) is 20.1. The second-order valence-electron chi connectivity index (χ2n) is 11.5. The van der Waals surface area contributed by atoms with Gasteiger partial charge >= 0.3 is 0 Å². The van der Waals surface area contributed by atoms with Crippen molar-refractivity contribution in [3.05, 3.63) is 127 Å². The standard InChI is InChI=1S/C37H25N3S/c1-37(2)29-19-22(40-31-11-5-7-13-33(31)41-34-14-8-6-12-32(34)40)15-16-24(29)27-20-28-26(21-30(27)37)23-9-3-4-10-25(23)35-36(28)39-18-17-38-35/h3-21H,1-2H3. The molecule has 41 heavy (non-hydrogen) atoms. The molecule has 0 N–H and O–H groups in total. The second kappa shape index (κ2) is 8.18. The lowest BCUT2D eigenvalue weighted by atomic mass is 9.81. The van der Waals surface area contributed by atoms with Crippen molar-refractivity contribution in [2.45, 2.75) is 29.1 Å². The van der Waals surface area contributed by atoms with E-state index in [1.54, 1.807) is 12.4 Å². The first-order valence-electron chi connectivity index (χ1n) is 14.0. The van der Waals surface area contributed by atoms with Crippen LogP contribution in [0.25, 0.3) is 43.7 Å². The molecule has 6 aromatic carbocycles. The van der Waals surface area contributed by atoms with Crippen LogP contribution >= 0.6 is 11.8 Å². The van der Waals surface area contributed by atoms with E-state index >= 15 is 0 Å². The quantitative estimate of drug-likeness (QED) is 0.193. The molecule has 9 rings (SSSR count). The Balaban J connectivity index is 1.30. The minimum absolute atomic E-state index is 0.156. The second-order valence-corrected chi connectivity index (χ2v) is 12.6. The van der Waals surface area contributed by atoms with Crippen LogP contribution in [0.15, 0.2) is 125 Å². The maximum Gasteiger partial charge on any atom is 0.0971 e. The smallest absolute Gasteiger partial charge is 0.0971 e. The monoisotopic (exact) mass is 543 g/mol. The zero-order chi connectivity index (χ0) is 27.3. The van der Waals surface area contributed by atoms with E-state index in [0.29, 0.717) is 0 Å². The molecule has 0 saturated carbocycles. The lowest BCUT2D eigenvalue weighted by Gasteiger charge is -2.33. The fourth-order valence-corrected chi connectivity index (χ4v) is 8.02. The molecule has 1 aromatic heterocycles. The molecular formula is C37H25N3S.